The van der Waals surface area contributed by atoms with Gasteiger partial charge in [-0.3, -0.25) is 22.8 Å². The van der Waals surface area contributed by atoms with Gasteiger partial charge in [-0.15, -0.1) is 0 Å². The number of rotatable bonds is 7. The summed E-state index contributed by atoms with van der Waals surface area (Å²) in [7, 11) is -22.5. The summed E-state index contributed by atoms with van der Waals surface area (Å²) >= 11 is 0. The predicted molar refractivity (Wildman–Crippen MR) is 70.9 cm³/mol. The van der Waals surface area contributed by atoms with E-state index >= 15 is 0 Å². The summed E-state index contributed by atoms with van der Waals surface area (Å²) in [5, 5.41) is -7.13. The van der Waals surface area contributed by atoms with Crippen LogP contribution in [0.4, 0.5) is 0 Å². The average Bonchev–Trinajstić information content (AvgIpc) is 2.22. The van der Waals surface area contributed by atoms with E-state index in [1.54, 1.807) is 0 Å². The minimum absolute atomic E-state index is 0.132. The fraction of sp³-hybridized carbons (Fsp3) is 1.00. The van der Waals surface area contributed by atoms with E-state index in [9.17, 15) is 23.2 Å². The Labute approximate surface area is 124 Å². The van der Waals surface area contributed by atoms with Crippen molar-refractivity contribution in [2.75, 3.05) is 7.11 Å². The van der Waals surface area contributed by atoms with Crippen LogP contribution in [-0.2, 0) is 27.5 Å². The molecule has 0 aliphatic rings. The van der Waals surface area contributed by atoms with E-state index in [0.29, 0.717) is 14.0 Å². The first kappa shape index (κ1) is 22.6. The summed E-state index contributed by atoms with van der Waals surface area (Å²) in [6.45, 7) is 0.515. The van der Waals surface area contributed by atoms with Crippen LogP contribution in [0.2, 0.25) is 0 Å². The molecule has 0 saturated heterocycles. The molecule has 0 saturated carbocycles. The predicted octanol–water partition coefficient (Wildman–Crippen LogP) is -0.285. The van der Waals surface area contributed by atoms with Crippen molar-refractivity contribution < 1.29 is 61.8 Å². The van der Waals surface area contributed by atoms with Crippen LogP contribution >= 0.6 is 30.4 Å². The summed E-state index contributed by atoms with van der Waals surface area (Å²) in [4.78, 5) is 63.8. The second-order valence-electron chi connectivity index (χ2n) is 4.32. The standard InChI is InChI=1S/C5H16O13P4/c1-4(17-3,19(6,7)8)22(15,16)18-5(2,20(9,10)11)21(12,13)14/h1-3H3,(H,15,16)(H2,6,7,8)(H2,9,10,11)(H2,12,13,14). The van der Waals surface area contributed by atoms with Gasteiger partial charge in [0.05, 0.1) is 0 Å². The van der Waals surface area contributed by atoms with Crippen LogP contribution in [0, 0.1) is 0 Å². The third kappa shape index (κ3) is 3.79. The first-order valence-corrected chi connectivity index (χ1v) is 11.4. The minimum Gasteiger partial charge on any atom is -0.355 e. The molecule has 0 amide bonds. The Hall–Kier alpha value is 0.560. The van der Waals surface area contributed by atoms with Crippen molar-refractivity contribution >= 4 is 30.4 Å². The van der Waals surface area contributed by atoms with Crippen molar-refractivity contribution in [2.45, 2.75) is 24.0 Å². The molecule has 0 radical (unpaired) electrons. The molecule has 0 aromatic rings. The average molecular weight is 408 g/mol. The van der Waals surface area contributed by atoms with Gasteiger partial charge in [0.1, 0.15) is 0 Å². The number of ether oxygens (including phenoxy) is 1. The zero-order valence-electron chi connectivity index (χ0n) is 11.4. The Morgan fingerprint density at radius 2 is 0.955 bits per heavy atom. The van der Waals surface area contributed by atoms with Crippen molar-refractivity contribution in [3.8, 4) is 0 Å². The van der Waals surface area contributed by atoms with Crippen LogP contribution in [0.15, 0.2) is 0 Å². The fourth-order valence-corrected chi connectivity index (χ4v) is 6.41. The van der Waals surface area contributed by atoms with Gasteiger partial charge in [-0.05, 0) is 13.8 Å². The molecule has 2 atom stereocenters. The summed E-state index contributed by atoms with van der Waals surface area (Å²) in [5.41, 5.74) is 0. The maximum absolute atomic E-state index is 12.1. The van der Waals surface area contributed by atoms with E-state index in [1.165, 1.54) is 0 Å². The topological polar surface area (TPSA) is 228 Å². The lowest BCUT2D eigenvalue weighted by Gasteiger charge is -2.38. The highest BCUT2D eigenvalue weighted by molar-refractivity contribution is 7.75. The Morgan fingerprint density at radius 1 is 0.682 bits per heavy atom. The highest BCUT2D eigenvalue weighted by Crippen LogP contribution is 2.79. The van der Waals surface area contributed by atoms with Gasteiger partial charge >= 0.3 is 30.4 Å². The van der Waals surface area contributed by atoms with Gasteiger partial charge in [0.15, 0.2) is 0 Å². The summed E-state index contributed by atoms with van der Waals surface area (Å²) in [6.07, 6.45) is 0. The molecule has 0 aliphatic carbocycles. The second kappa shape index (κ2) is 6.13. The Bertz CT molecular complexity index is 586. The third-order valence-electron chi connectivity index (χ3n) is 2.83. The highest BCUT2D eigenvalue weighted by atomic mass is 31.3. The van der Waals surface area contributed by atoms with Crippen molar-refractivity contribution in [3.63, 3.8) is 0 Å². The number of methoxy groups -OCH3 is 1. The molecule has 0 aliphatic heterocycles. The van der Waals surface area contributed by atoms with E-state index < -0.39 is 40.5 Å². The smallest absolute Gasteiger partial charge is 0.355 e. The summed E-state index contributed by atoms with van der Waals surface area (Å²) in [5.74, 6) is 0. The van der Waals surface area contributed by atoms with Crippen molar-refractivity contribution in [2.24, 2.45) is 0 Å². The van der Waals surface area contributed by atoms with Crippen LogP contribution in [0.25, 0.3) is 0 Å². The van der Waals surface area contributed by atoms with Crippen LogP contribution in [0.5, 0.6) is 0 Å². The first-order valence-electron chi connectivity index (χ1n) is 5.02. The van der Waals surface area contributed by atoms with Crippen molar-refractivity contribution in [3.05, 3.63) is 0 Å². The summed E-state index contributed by atoms with van der Waals surface area (Å²) in [6, 6.07) is 0. The molecule has 2 unspecified atom stereocenters. The van der Waals surface area contributed by atoms with Crippen LogP contribution in [0.3, 0.4) is 0 Å². The lowest BCUT2D eigenvalue weighted by Crippen LogP contribution is -2.35. The Morgan fingerprint density at radius 3 is 1.14 bits per heavy atom. The molecule has 0 aromatic carbocycles. The van der Waals surface area contributed by atoms with Gasteiger partial charge < -0.3 is 39.0 Å². The van der Waals surface area contributed by atoms with E-state index in [-0.39, 0.29) is 6.92 Å². The van der Waals surface area contributed by atoms with E-state index in [0.717, 1.165) is 0 Å². The van der Waals surface area contributed by atoms with Crippen LogP contribution < -0.4 is 0 Å². The lowest BCUT2D eigenvalue weighted by molar-refractivity contribution is 0.0652. The van der Waals surface area contributed by atoms with Crippen LogP contribution in [-0.4, -0.2) is 51.5 Å². The number of hydrogen-bond donors (Lipinski definition) is 7. The largest absolute Gasteiger partial charge is 0.373 e. The monoisotopic (exact) mass is 408 g/mol. The Kier molecular flexibility index (Phi) is 6.29. The normalized spacial score (nSPS) is 20.3. The van der Waals surface area contributed by atoms with E-state index in [1.807, 2.05) is 0 Å². The minimum atomic E-state index is -5.86. The first-order chi connectivity index (χ1) is 9.27. The lowest BCUT2D eigenvalue weighted by atomic mass is 10.8. The molecule has 17 heteroatoms. The van der Waals surface area contributed by atoms with E-state index in [2.05, 4.69) is 9.26 Å². The molecule has 0 heterocycles. The maximum Gasteiger partial charge on any atom is 0.373 e. The van der Waals surface area contributed by atoms with Gasteiger partial charge in [-0.25, -0.2) is 0 Å². The molecule has 13 nitrogen and oxygen atoms in total. The van der Waals surface area contributed by atoms with Crippen molar-refractivity contribution in [1.29, 1.82) is 0 Å². The van der Waals surface area contributed by atoms with Gasteiger partial charge in [0, 0.05) is 7.11 Å². The van der Waals surface area contributed by atoms with Gasteiger partial charge in [-0.1, -0.05) is 0 Å². The maximum atomic E-state index is 12.1. The molecular formula is C5H16O13P4. The molecule has 7 N–H and O–H groups in total. The molecule has 0 spiro atoms. The van der Waals surface area contributed by atoms with Crippen molar-refractivity contribution in [1.82, 2.24) is 0 Å². The van der Waals surface area contributed by atoms with Gasteiger partial charge in [-0.2, -0.15) is 0 Å². The highest BCUT2D eigenvalue weighted by Gasteiger charge is 2.67. The van der Waals surface area contributed by atoms with E-state index in [4.69, 9.17) is 29.4 Å². The van der Waals surface area contributed by atoms with Crippen LogP contribution in [0.1, 0.15) is 13.8 Å². The molecule has 0 rings (SSSR count). The fourth-order valence-electron chi connectivity index (χ4n) is 0.994. The molecule has 0 fully saturated rings. The summed E-state index contributed by atoms with van der Waals surface area (Å²) < 4.78 is 54.1. The quantitative estimate of drug-likeness (QED) is 0.269. The third-order valence-corrected chi connectivity index (χ3v) is 11.7. The molecule has 22 heavy (non-hydrogen) atoms. The molecule has 134 valence electrons. The molecule has 0 bridgehead atoms. The van der Waals surface area contributed by atoms with Gasteiger partial charge in [0.2, 0.25) is 0 Å². The SMILES string of the molecule is COC(C)(P(=O)(O)O)P(=O)(O)OC(C)(P(=O)(O)O)P(=O)(O)O. The second-order valence-corrected chi connectivity index (χ2v) is 12.9. The molecule has 0 aromatic heterocycles. The zero-order chi connectivity index (χ0) is 18.4. The zero-order valence-corrected chi connectivity index (χ0v) is 14.9. The Balaban J connectivity index is 6.28. The number of hydrogen-bond acceptors (Lipinski definition) is 6. The molecular weight excluding hydrogens is 392 g/mol. The van der Waals surface area contributed by atoms with Gasteiger partial charge in [0.25, 0.3) is 10.2 Å².